The summed E-state index contributed by atoms with van der Waals surface area (Å²) < 4.78 is 5.28. The largest absolute Gasteiger partial charge is 0.383 e. The van der Waals surface area contributed by atoms with Crippen molar-refractivity contribution in [2.24, 2.45) is 5.73 Å². The number of rotatable bonds is 4. The van der Waals surface area contributed by atoms with Crippen LogP contribution < -0.4 is 10.6 Å². The van der Waals surface area contributed by atoms with Crippen LogP contribution in [0.4, 0.5) is 5.69 Å². The quantitative estimate of drug-likeness (QED) is 0.863. The first-order chi connectivity index (χ1) is 8.36. The van der Waals surface area contributed by atoms with E-state index in [4.69, 9.17) is 10.5 Å². The number of ether oxygens (including phenoxy) is 1. The van der Waals surface area contributed by atoms with E-state index in [0.29, 0.717) is 19.2 Å². The molecule has 1 aromatic carbocycles. The standard InChI is InChI=1S/C14H22N2O/c1-17-11-13(10-15)16-9-5-4-7-12-6-2-3-8-14(12)16/h2-3,6,8,13H,4-5,7,9-11,15H2,1H3. The second-order valence-electron chi connectivity index (χ2n) is 4.62. The number of nitrogens with zero attached hydrogens (tertiary/aromatic N) is 1. The second kappa shape index (κ2) is 6.03. The molecule has 0 aromatic heterocycles. The van der Waals surface area contributed by atoms with Crippen molar-refractivity contribution in [3.8, 4) is 0 Å². The molecule has 17 heavy (non-hydrogen) atoms. The van der Waals surface area contributed by atoms with Gasteiger partial charge in [0.25, 0.3) is 0 Å². The summed E-state index contributed by atoms with van der Waals surface area (Å²) in [7, 11) is 1.74. The van der Waals surface area contributed by atoms with Crippen LogP contribution >= 0.6 is 0 Å². The number of benzene rings is 1. The van der Waals surface area contributed by atoms with E-state index in [-0.39, 0.29) is 0 Å². The molecule has 0 amide bonds. The second-order valence-corrected chi connectivity index (χ2v) is 4.62. The van der Waals surface area contributed by atoms with E-state index in [1.807, 2.05) is 0 Å². The lowest BCUT2D eigenvalue weighted by Gasteiger charge is -2.32. The minimum absolute atomic E-state index is 0.291. The van der Waals surface area contributed by atoms with Crippen LogP contribution in [0.15, 0.2) is 24.3 Å². The van der Waals surface area contributed by atoms with Gasteiger partial charge in [-0.05, 0) is 30.9 Å². The molecule has 0 aliphatic carbocycles. The van der Waals surface area contributed by atoms with E-state index < -0.39 is 0 Å². The highest BCUT2D eigenvalue weighted by molar-refractivity contribution is 5.55. The first kappa shape index (κ1) is 12.4. The number of hydrogen-bond donors (Lipinski definition) is 1. The van der Waals surface area contributed by atoms with Crippen molar-refractivity contribution >= 4 is 5.69 Å². The molecule has 2 N–H and O–H groups in total. The zero-order chi connectivity index (χ0) is 12.1. The lowest BCUT2D eigenvalue weighted by molar-refractivity contribution is 0.178. The van der Waals surface area contributed by atoms with Gasteiger partial charge in [0.15, 0.2) is 0 Å². The van der Waals surface area contributed by atoms with E-state index in [0.717, 1.165) is 6.54 Å². The monoisotopic (exact) mass is 234 g/mol. The Morgan fingerprint density at radius 2 is 2.18 bits per heavy atom. The Hall–Kier alpha value is -1.06. The Balaban J connectivity index is 2.26. The summed E-state index contributed by atoms with van der Waals surface area (Å²) in [5, 5.41) is 0. The van der Waals surface area contributed by atoms with Gasteiger partial charge >= 0.3 is 0 Å². The van der Waals surface area contributed by atoms with Gasteiger partial charge in [0, 0.05) is 25.9 Å². The molecule has 94 valence electrons. The molecule has 1 aliphatic rings. The number of nitrogens with two attached hydrogens (primary N) is 1. The van der Waals surface area contributed by atoms with Crippen molar-refractivity contribution < 1.29 is 4.74 Å². The average molecular weight is 234 g/mol. The number of aryl methyl sites for hydroxylation is 1. The molecule has 1 aliphatic heterocycles. The molecule has 0 radical (unpaired) electrons. The van der Waals surface area contributed by atoms with Crippen molar-refractivity contribution in [2.75, 3.05) is 31.7 Å². The first-order valence-electron chi connectivity index (χ1n) is 6.40. The van der Waals surface area contributed by atoms with E-state index >= 15 is 0 Å². The maximum absolute atomic E-state index is 5.88. The molecule has 1 atom stereocenters. The third-order valence-electron chi connectivity index (χ3n) is 3.47. The van der Waals surface area contributed by atoms with Crippen LogP contribution in [-0.4, -0.2) is 32.8 Å². The van der Waals surface area contributed by atoms with Crippen molar-refractivity contribution in [3.63, 3.8) is 0 Å². The minimum atomic E-state index is 0.291. The third-order valence-corrected chi connectivity index (χ3v) is 3.47. The molecule has 3 heteroatoms. The molecule has 3 nitrogen and oxygen atoms in total. The fourth-order valence-electron chi connectivity index (χ4n) is 2.58. The summed E-state index contributed by atoms with van der Waals surface area (Å²) in [4.78, 5) is 2.42. The highest BCUT2D eigenvalue weighted by Crippen LogP contribution is 2.27. The number of fused-ring (bicyclic) bond motifs is 1. The van der Waals surface area contributed by atoms with Crippen LogP contribution in [0.3, 0.4) is 0 Å². The Bertz CT molecular complexity index is 354. The van der Waals surface area contributed by atoms with Gasteiger partial charge in [0.1, 0.15) is 0 Å². The summed E-state index contributed by atoms with van der Waals surface area (Å²) in [6, 6.07) is 8.96. The summed E-state index contributed by atoms with van der Waals surface area (Å²) in [5.41, 5.74) is 8.67. The zero-order valence-corrected chi connectivity index (χ0v) is 10.6. The lowest BCUT2D eigenvalue weighted by Crippen LogP contribution is -2.44. The average Bonchev–Trinajstić information content (AvgIpc) is 2.58. The molecule has 1 heterocycles. The molecule has 1 unspecified atom stereocenters. The molecular weight excluding hydrogens is 212 g/mol. The first-order valence-corrected chi connectivity index (χ1v) is 6.40. The summed E-state index contributed by atoms with van der Waals surface area (Å²) in [6.45, 7) is 2.43. The van der Waals surface area contributed by atoms with E-state index in [9.17, 15) is 0 Å². The number of methoxy groups -OCH3 is 1. The highest BCUT2D eigenvalue weighted by Gasteiger charge is 2.21. The maximum Gasteiger partial charge on any atom is 0.0678 e. The van der Waals surface area contributed by atoms with Crippen molar-refractivity contribution in [1.29, 1.82) is 0 Å². The number of para-hydroxylation sites is 1. The maximum atomic E-state index is 5.88. The van der Waals surface area contributed by atoms with Gasteiger partial charge in [0.05, 0.1) is 12.6 Å². The molecular formula is C14H22N2O. The van der Waals surface area contributed by atoms with Crippen LogP contribution in [0.2, 0.25) is 0 Å². The van der Waals surface area contributed by atoms with Crippen molar-refractivity contribution in [1.82, 2.24) is 0 Å². The van der Waals surface area contributed by atoms with Gasteiger partial charge in [-0.15, -0.1) is 0 Å². The molecule has 0 fully saturated rings. The lowest BCUT2D eigenvalue weighted by atomic mass is 10.1. The van der Waals surface area contributed by atoms with Gasteiger partial charge in [-0.1, -0.05) is 18.2 Å². The Morgan fingerprint density at radius 1 is 1.35 bits per heavy atom. The Kier molecular flexibility index (Phi) is 4.40. The Morgan fingerprint density at radius 3 is 2.94 bits per heavy atom. The van der Waals surface area contributed by atoms with Crippen LogP contribution in [0.5, 0.6) is 0 Å². The zero-order valence-electron chi connectivity index (χ0n) is 10.6. The van der Waals surface area contributed by atoms with Gasteiger partial charge in [-0.3, -0.25) is 0 Å². The molecule has 0 saturated heterocycles. The van der Waals surface area contributed by atoms with E-state index in [1.54, 1.807) is 7.11 Å². The molecule has 2 rings (SSSR count). The summed E-state index contributed by atoms with van der Waals surface area (Å²) in [5.74, 6) is 0. The smallest absolute Gasteiger partial charge is 0.0678 e. The van der Waals surface area contributed by atoms with Gasteiger partial charge < -0.3 is 15.4 Å². The molecule has 0 bridgehead atoms. The number of anilines is 1. The van der Waals surface area contributed by atoms with Crippen LogP contribution in [0.1, 0.15) is 18.4 Å². The van der Waals surface area contributed by atoms with Crippen LogP contribution in [-0.2, 0) is 11.2 Å². The predicted octanol–water partition coefficient (Wildman–Crippen LogP) is 1.80. The fraction of sp³-hybridized carbons (Fsp3) is 0.571. The molecule has 1 aromatic rings. The number of hydrogen-bond acceptors (Lipinski definition) is 3. The highest BCUT2D eigenvalue weighted by atomic mass is 16.5. The third kappa shape index (κ3) is 2.79. The van der Waals surface area contributed by atoms with Gasteiger partial charge in [-0.2, -0.15) is 0 Å². The minimum Gasteiger partial charge on any atom is -0.383 e. The molecule has 0 saturated carbocycles. The van der Waals surface area contributed by atoms with Crippen LogP contribution in [0.25, 0.3) is 0 Å². The van der Waals surface area contributed by atoms with Gasteiger partial charge in [0.2, 0.25) is 0 Å². The summed E-state index contributed by atoms with van der Waals surface area (Å²) in [6.07, 6.45) is 3.67. The predicted molar refractivity (Wildman–Crippen MR) is 71.4 cm³/mol. The van der Waals surface area contributed by atoms with Gasteiger partial charge in [-0.25, -0.2) is 0 Å². The van der Waals surface area contributed by atoms with Crippen molar-refractivity contribution in [3.05, 3.63) is 29.8 Å². The van der Waals surface area contributed by atoms with E-state index in [2.05, 4.69) is 29.2 Å². The normalized spacial score (nSPS) is 17.4. The summed E-state index contributed by atoms with van der Waals surface area (Å²) >= 11 is 0. The van der Waals surface area contributed by atoms with Crippen molar-refractivity contribution in [2.45, 2.75) is 25.3 Å². The SMILES string of the molecule is COCC(CN)N1CCCCc2ccccc21. The Labute approximate surface area is 104 Å². The molecule has 0 spiro atoms. The fourth-order valence-corrected chi connectivity index (χ4v) is 2.58. The van der Waals surface area contributed by atoms with Crippen LogP contribution in [0, 0.1) is 0 Å². The van der Waals surface area contributed by atoms with E-state index in [1.165, 1.54) is 30.5 Å². The topological polar surface area (TPSA) is 38.5 Å².